The zero-order chi connectivity index (χ0) is 24.0. The summed E-state index contributed by atoms with van der Waals surface area (Å²) in [7, 11) is 1.34. The highest BCUT2D eigenvalue weighted by atomic mass is 32.2. The molecule has 0 aromatic heterocycles. The largest absolute Gasteiger partial charge is 0.467 e. The van der Waals surface area contributed by atoms with Crippen LogP contribution in [0.1, 0.15) is 68.2 Å². The van der Waals surface area contributed by atoms with Gasteiger partial charge in [-0.25, -0.2) is 9.59 Å². The van der Waals surface area contributed by atoms with Gasteiger partial charge in [-0.2, -0.15) is 0 Å². The lowest BCUT2D eigenvalue weighted by atomic mass is 9.85. The lowest BCUT2D eigenvalue weighted by Gasteiger charge is -2.36. The van der Waals surface area contributed by atoms with Gasteiger partial charge in [0.15, 0.2) is 0 Å². The highest BCUT2D eigenvalue weighted by Crippen LogP contribution is 2.50. The highest BCUT2D eigenvalue weighted by molar-refractivity contribution is 8.18. The molecule has 0 aromatic carbocycles. The van der Waals surface area contributed by atoms with Crippen molar-refractivity contribution in [3.05, 3.63) is 0 Å². The fraction of sp³-hybridized carbons (Fsp3) is 0.864. The minimum absolute atomic E-state index is 0.193. The van der Waals surface area contributed by atoms with Gasteiger partial charge in [-0.3, -0.25) is 4.79 Å². The van der Waals surface area contributed by atoms with Crippen LogP contribution in [0.5, 0.6) is 0 Å². The van der Waals surface area contributed by atoms with Crippen LogP contribution in [-0.4, -0.2) is 69.8 Å². The van der Waals surface area contributed by atoms with Crippen LogP contribution in [-0.2, 0) is 19.1 Å². The summed E-state index contributed by atoms with van der Waals surface area (Å²) in [5, 5.41) is 2.74. The summed E-state index contributed by atoms with van der Waals surface area (Å²) in [6.07, 6.45) is 1.04. The normalized spacial score (nSPS) is 21.6. The molecule has 0 aromatic rings. The molecule has 2 fully saturated rings. The molecule has 0 saturated carbocycles. The van der Waals surface area contributed by atoms with Crippen molar-refractivity contribution in [3.63, 3.8) is 0 Å². The van der Waals surface area contributed by atoms with Crippen molar-refractivity contribution in [2.75, 3.05) is 25.2 Å². The van der Waals surface area contributed by atoms with Crippen molar-refractivity contribution >= 4 is 41.5 Å². The van der Waals surface area contributed by atoms with Crippen molar-refractivity contribution in [2.45, 2.75) is 90.0 Å². The van der Waals surface area contributed by atoms with Gasteiger partial charge in [0.25, 0.3) is 0 Å². The molecule has 7 nitrogen and oxygen atoms in total. The number of carbonyl (C=O) groups excluding carboxylic acids is 3. The van der Waals surface area contributed by atoms with Crippen LogP contribution >= 0.6 is 23.5 Å². The van der Waals surface area contributed by atoms with Crippen LogP contribution in [0, 0.1) is 5.41 Å². The van der Waals surface area contributed by atoms with Gasteiger partial charge < -0.3 is 19.7 Å². The number of amides is 2. The molecule has 0 aliphatic carbocycles. The molecular weight excluding hydrogens is 436 g/mol. The van der Waals surface area contributed by atoms with E-state index in [0.29, 0.717) is 13.0 Å². The first-order chi connectivity index (χ1) is 14.3. The van der Waals surface area contributed by atoms with E-state index in [9.17, 15) is 14.4 Å². The van der Waals surface area contributed by atoms with Crippen LogP contribution in [0.2, 0.25) is 0 Å². The van der Waals surface area contributed by atoms with E-state index in [-0.39, 0.29) is 9.99 Å². The second-order valence-electron chi connectivity index (χ2n) is 9.62. The predicted octanol–water partition coefficient (Wildman–Crippen LogP) is 4.29. The molecular formula is C22H40N2O5S2. The predicted molar refractivity (Wildman–Crippen MR) is 128 cm³/mol. The molecule has 2 aliphatic rings. The maximum atomic E-state index is 13.6. The molecule has 2 rings (SSSR count). The van der Waals surface area contributed by atoms with Crippen LogP contribution in [0.15, 0.2) is 0 Å². The molecule has 0 bridgehead atoms. The quantitative estimate of drug-likeness (QED) is 0.608. The van der Waals surface area contributed by atoms with Gasteiger partial charge in [-0.1, -0.05) is 34.6 Å². The molecule has 1 spiro atoms. The number of alkyl carbamates (subject to hydrolysis) is 1. The van der Waals surface area contributed by atoms with E-state index in [1.54, 1.807) is 25.7 Å². The molecule has 1 unspecified atom stereocenters. The van der Waals surface area contributed by atoms with Gasteiger partial charge in [0, 0.05) is 13.0 Å². The monoisotopic (exact) mass is 476 g/mol. The molecule has 9 heteroatoms. The van der Waals surface area contributed by atoms with Gasteiger partial charge in [0.2, 0.25) is 5.91 Å². The second-order valence-corrected chi connectivity index (χ2v) is 12.8. The molecule has 31 heavy (non-hydrogen) atoms. The third-order valence-electron chi connectivity index (χ3n) is 4.84. The number of methoxy groups -OCH3 is 1. The summed E-state index contributed by atoms with van der Waals surface area (Å²) < 4.78 is 10.2. The fourth-order valence-electron chi connectivity index (χ4n) is 3.48. The second kappa shape index (κ2) is 11.2. The molecule has 2 aliphatic heterocycles. The number of esters is 1. The number of nitrogens with one attached hydrogen (secondary N) is 1. The number of thioether (sulfide) groups is 2. The Hall–Kier alpha value is -1.09. The van der Waals surface area contributed by atoms with Crippen LogP contribution in [0.3, 0.4) is 0 Å². The van der Waals surface area contributed by atoms with Crippen molar-refractivity contribution in [2.24, 2.45) is 5.41 Å². The van der Waals surface area contributed by atoms with Crippen LogP contribution < -0.4 is 5.32 Å². The third kappa shape index (κ3) is 7.77. The average molecular weight is 477 g/mol. The number of nitrogens with zero attached hydrogens (tertiary/aromatic N) is 1. The number of hydrogen-bond donors (Lipinski definition) is 1. The minimum Gasteiger partial charge on any atom is -0.467 e. The molecule has 2 heterocycles. The van der Waals surface area contributed by atoms with Crippen molar-refractivity contribution < 1.29 is 23.9 Å². The zero-order valence-electron chi connectivity index (χ0n) is 20.5. The maximum Gasteiger partial charge on any atom is 0.408 e. The van der Waals surface area contributed by atoms with E-state index < -0.39 is 35.2 Å². The van der Waals surface area contributed by atoms with Crippen LogP contribution in [0.4, 0.5) is 4.79 Å². The Morgan fingerprint density at radius 1 is 1.06 bits per heavy atom. The molecule has 180 valence electrons. The maximum absolute atomic E-state index is 13.6. The lowest BCUT2D eigenvalue weighted by molar-refractivity contribution is -0.152. The van der Waals surface area contributed by atoms with Crippen molar-refractivity contribution in [3.8, 4) is 0 Å². The average Bonchev–Trinajstić information content (AvgIpc) is 3.04. The standard InChI is InChI=1S/C20H34N2O5S2.C2H6/c1-18(2,3)14(21-17(25)27-19(4,5)6)15(23)22-12-20(28-9-8-10-29-20)11-13(22)16(24)26-7;1-2/h13-14H,8-12H2,1-7H3,(H,21,25);1-2H3/t13-,14?;/m0./s1. The first-order valence-electron chi connectivity index (χ1n) is 10.9. The third-order valence-corrected chi connectivity index (χ3v) is 8.18. The summed E-state index contributed by atoms with van der Waals surface area (Å²) in [6, 6.07) is -1.46. The minimum atomic E-state index is -0.821. The van der Waals surface area contributed by atoms with Gasteiger partial charge in [0.1, 0.15) is 17.7 Å². The number of likely N-dealkylation sites (tertiary alicyclic amines) is 1. The topological polar surface area (TPSA) is 84.9 Å². The molecule has 1 N–H and O–H groups in total. The lowest BCUT2D eigenvalue weighted by Crippen LogP contribution is -2.57. The molecule has 2 amide bonds. The van der Waals surface area contributed by atoms with Crippen molar-refractivity contribution in [1.29, 1.82) is 0 Å². The smallest absolute Gasteiger partial charge is 0.408 e. The number of rotatable bonds is 3. The first-order valence-corrected chi connectivity index (χ1v) is 12.9. The Labute approximate surface area is 196 Å². The van der Waals surface area contributed by atoms with E-state index in [2.05, 4.69) is 5.32 Å². The van der Waals surface area contributed by atoms with E-state index in [1.165, 1.54) is 7.11 Å². The summed E-state index contributed by atoms with van der Waals surface area (Å²) in [5.41, 5.74) is -1.23. The summed E-state index contributed by atoms with van der Waals surface area (Å²) in [6.45, 7) is 15.4. The summed E-state index contributed by atoms with van der Waals surface area (Å²) in [5.74, 6) is 1.35. The summed E-state index contributed by atoms with van der Waals surface area (Å²) >= 11 is 3.63. The Kier molecular flexibility index (Phi) is 10.1. The van der Waals surface area contributed by atoms with Crippen molar-refractivity contribution in [1.82, 2.24) is 10.2 Å². The summed E-state index contributed by atoms with van der Waals surface area (Å²) in [4.78, 5) is 40.1. The van der Waals surface area contributed by atoms with Crippen LogP contribution in [0.25, 0.3) is 0 Å². The highest BCUT2D eigenvalue weighted by Gasteiger charge is 2.53. The molecule has 0 radical (unpaired) electrons. The van der Waals surface area contributed by atoms with Gasteiger partial charge in [-0.05, 0) is 44.1 Å². The fourth-order valence-corrected chi connectivity index (χ4v) is 6.83. The molecule has 2 saturated heterocycles. The van der Waals surface area contributed by atoms with Gasteiger partial charge in [0.05, 0.1) is 11.2 Å². The SMILES string of the molecule is CC.COC(=O)[C@@H]1CC2(CN1C(=O)C(NC(=O)OC(C)(C)C)C(C)(C)C)SCCCS2. The Bertz CT molecular complexity index is 637. The zero-order valence-corrected chi connectivity index (χ0v) is 22.1. The Morgan fingerprint density at radius 3 is 2.06 bits per heavy atom. The van der Waals surface area contributed by atoms with E-state index in [4.69, 9.17) is 9.47 Å². The Morgan fingerprint density at radius 2 is 1.61 bits per heavy atom. The van der Waals surface area contributed by atoms with E-state index >= 15 is 0 Å². The number of ether oxygens (including phenoxy) is 2. The molecule has 2 atom stereocenters. The first kappa shape index (κ1) is 27.9. The van der Waals surface area contributed by atoms with Gasteiger partial charge in [-0.15, -0.1) is 23.5 Å². The number of carbonyl (C=O) groups is 3. The van der Waals surface area contributed by atoms with Gasteiger partial charge >= 0.3 is 12.1 Å². The number of hydrogen-bond acceptors (Lipinski definition) is 7. The van der Waals surface area contributed by atoms with E-state index in [1.807, 2.05) is 58.1 Å². The van der Waals surface area contributed by atoms with E-state index in [0.717, 1.165) is 17.9 Å². The Balaban J connectivity index is 0.00000233.